The van der Waals surface area contributed by atoms with E-state index < -0.39 is 97.2 Å². The van der Waals surface area contributed by atoms with Gasteiger partial charge in [0, 0.05) is 29.1 Å². The third kappa shape index (κ3) is 5.97. The molecule has 0 amide bonds. The maximum Gasteiger partial charge on any atom is 0.302 e. The number of esters is 1. The Morgan fingerprint density at radius 3 is 2.19 bits per heavy atom. The predicted octanol–water partition coefficient (Wildman–Crippen LogP) is 2.35. The lowest BCUT2D eigenvalue weighted by molar-refractivity contribution is -0.367. The molecule has 21 atom stereocenters. The van der Waals surface area contributed by atoms with Crippen LogP contribution in [0.4, 0.5) is 0 Å². The molecule has 0 radical (unpaired) electrons. The summed E-state index contributed by atoms with van der Waals surface area (Å²) in [6.07, 6.45) is -3.87. The second-order valence-corrected chi connectivity index (χ2v) is 21.6. The Labute approximate surface area is 342 Å². The van der Waals surface area contributed by atoms with Crippen LogP contribution in [0.2, 0.25) is 0 Å². The zero-order valence-corrected chi connectivity index (χ0v) is 35.6. The molecule has 0 aromatic carbocycles. The van der Waals surface area contributed by atoms with Crippen LogP contribution in [0.1, 0.15) is 107 Å². The summed E-state index contributed by atoms with van der Waals surface area (Å²) >= 11 is 0. The summed E-state index contributed by atoms with van der Waals surface area (Å²) in [5.41, 5.74) is -2.08. The molecule has 1 spiro atoms. The van der Waals surface area contributed by atoms with E-state index in [0.717, 1.165) is 38.5 Å². The Morgan fingerprint density at radius 1 is 0.793 bits per heavy atom. The van der Waals surface area contributed by atoms with Gasteiger partial charge in [0.25, 0.3) is 0 Å². The Kier molecular flexibility index (Phi) is 10.8. The number of aliphatic hydroxyl groups is 7. The van der Waals surface area contributed by atoms with Crippen molar-refractivity contribution in [1.29, 1.82) is 0 Å². The van der Waals surface area contributed by atoms with Crippen molar-refractivity contribution in [2.45, 2.75) is 186 Å². The van der Waals surface area contributed by atoms with Gasteiger partial charge in [-0.2, -0.15) is 0 Å². The van der Waals surface area contributed by atoms with Crippen LogP contribution >= 0.6 is 0 Å². The number of ether oxygens (including phenoxy) is 6. The van der Waals surface area contributed by atoms with E-state index in [1.165, 1.54) is 6.92 Å². The van der Waals surface area contributed by atoms with Crippen LogP contribution in [0, 0.1) is 50.2 Å². The van der Waals surface area contributed by atoms with Crippen LogP contribution in [-0.4, -0.2) is 141 Å². The highest BCUT2D eigenvalue weighted by molar-refractivity contribution is 5.66. The number of hydrogen-bond acceptors (Lipinski definition) is 14. The first-order valence-electron chi connectivity index (χ1n) is 21.8. The summed E-state index contributed by atoms with van der Waals surface area (Å²) in [4.78, 5) is 12.5. The second kappa shape index (κ2) is 14.4. The lowest BCUT2D eigenvalue weighted by Crippen LogP contribution is -2.72. The molecule has 8 aliphatic rings. The first kappa shape index (κ1) is 43.4. The molecule has 0 aromatic heterocycles. The van der Waals surface area contributed by atoms with E-state index in [1.807, 2.05) is 0 Å². The van der Waals surface area contributed by atoms with Gasteiger partial charge in [-0.25, -0.2) is 0 Å². The van der Waals surface area contributed by atoms with Crippen molar-refractivity contribution in [3.05, 3.63) is 12.2 Å². The highest BCUT2D eigenvalue weighted by Gasteiger charge is 2.79. The molecule has 5 aliphatic carbocycles. The maximum absolute atomic E-state index is 12.5. The number of hydrogen-bond donors (Lipinski definition) is 7. The quantitative estimate of drug-likeness (QED) is 0.112. The van der Waals surface area contributed by atoms with E-state index in [-0.39, 0.29) is 51.4 Å². The lowest BCUT2D eigenvalue weighted by Gasteiger charge is -2.73. The molecule has 14 nitrogen and oxygen atoms in total. The van der Waals surface area contributed by atoms with Crippen molar-refractivity contribution in [2.24, 2.45) is 50.2 Å². The first-order chi connectivity index (χ1) is 27.0. The van der Waals surface area contributed by atoms with E-state index >= 15 is 0 Å². The van der Waals surface area contributed by atoms with E-state index in [9.17, 15) is 40.5 Å². The second-order valence-electron chi connectivity index (χ2n) is 21.6. The molecule has 14 heteroatoms. The van der Waals surface area contributed by atoms with Gasteiger partial charge in [0.05, 0.1) is 43.7 Å². The Bertz CT molecular complexity index is 1610. The van der Waals surface area contributed by atoms with Crippen molar-refractivity contribution < 1.29 is 69.0 Å². The summed E-state index contributed by atoms with van der Waals surface area (Å²) < 4.78 is 37.3. The molecular weight excluding hydrogens is 752 g/mol. The van der Waals surface area contributed by atoms with Crippen LogP contribution in [0.25, 0.3) is 0 Å². The fourth-order valence-corrected chi connectivity index (χ4v) is 14.5. The number of fused-ring (bicyclic) bond motifs is 4. The highest BCUT2D eigenvalue weighted by atomic mass is 16.7. The van der Waals surface area contributed by atoms with E-state index in [0.29, 0.717) is 19.4 Å². The highest BCUT2D eigenvalue weighted by Crippen LogP contribution is 2.79. The lowest BCUT2D eigenvalue weighted by atomic mass is 9.32. The van der Waals surface area contributed by atoms with Gasteiger partial charge < -0.3 is 64.2 Å². The van der Waals surface area contributed by atoms with Crippen molar-refractivity contribution >= 4 is 5.97 Å². The Morgan fingerprint density at radius 2 is 1.50 bits per heavy atom. The average Bonchev–Trinajstić information content (AvgIpc) is 3.44. The molecule has 330 valence electrons. The molecular formula is C44H70O14. The third-order valence-electron chi connectivity index (χ3n) is 18.2. The number of allylic oxidation sites excluding steroid dienone is 1. The van der Waals surface area contributed by atoms with Gasteiger partial charge in [-0.3, -0.25) is 4.79 Å². The van der Waals surface area contributed by atoms with Gasteiger partial charge >= 0.3 is 5.97 Å². The van der Waals surface area contributed by atoms with Crippen LogP contribution in [0.5, 0.6) is 0 Å². The summed E-state index contributed by atoms with van der Waals surface area (Å²) in [7, 11) is 0. The molecule has 3 saturated heterocycles. The fourth-order valence-electron chi connectivity index (χ4n) is 14.5. The van der Waals surface area contributed by atoms with Crippen LogP contribution < -0.4 is 0 Å². The molecule has 7 N–H and O–H groups in total. The average molecular weight is 823 g/mol. The normalized spacial score (nSPS) is 57.1. The molecule has 3 heterocycles. The van der Waals surface area contributed by atoms with Crippen LogP contribution in [0.15, 0.2) is 12.2 Å². The maximum atomic E-state index is 12.5. The first-order valence-corrected chi connectivity index (χ1v) is 21.8. The number of carbonyl (C=O) groups excluding carboxylic acids is 1. The minimum atomic E-state index is -1.74. The van der Waals surface area contributed by atoms with Gasteiger partial charge in [-0.1, -0.05) is 53.7 Å². The zero-order chi connectivity index (χ0) is 42.2. The minimum Gasteiger partial charge on any atom is -0.465 e. The largest absolute Gasteiger partial charge is 0.465 e. The molecule has 0 unspecified atom stereocenters. The molecule has 4 saturated carbocycles. The van der Waals surface area contributed by atoms with Crippen molar-refractivity contribution in [1.82, 2.24) is 0 Å². The standard InChI is InChI=1S/C44H70O14/c1-22-30(48)35(58-36-33(51)32(50)31(49)24(19-45)56-36)34(52)37(55-22)57-29-11-12-39(5)25(40(29,6)20-53-23(2)46)9-13-41(7)26(39)10-14-44-27-17-38(3,4)15-16-43(27,21-54-44)28(47)18-42(41,44)8/h10,14,22,24-37,45,47-52H,9,11-13,15-21H2,1-8H3/t22-,24-,25-,26-,27-,28+,29+,30+,31-,32+,33-,34-,35+,36+,37+,39+,40+,41-,42+,43-,44+/m1/s1. The molecule has 58 heavy (non-hydrogen) atoms. The van der Waals surface area contributed by atoms with Crippen LogP contribution in [-0.2, 0) is 33.2 Å². The molecule has 7 fully saturated rings. The van der Waals surface area contributed by atoms with Gasteiger partial charge in [-0.15, -0.1) is 0 Å². The third-order valence-corrected chi connectivity index (χ3v) is 18.2. The topological polar surface area (TPSA) is 214 Å². The van der Waals surface area contributed by atoms with Gasteiger partial charge in [0.2, 0.25) is 0 Å². The van der Waals surface area contributed by atoms with E-state index in [2.05, 4.69) is 53.7 Å². The van der Waals surface area contributed by atoms with E-state index in [1.54, 1.807) is 6.92 Å². The zero-order valence-electron chi connectivity index (χ0n) is 35.6. The van der Waals surface area contributed by atoms with Crippen molar-refractivity contribution in [3.8, 4) is 0 Å². The fraction of sp³-hybridized carbons (Fsp3) is 0.932. The molecule has 2 bridgehead atoms. The summed E-state index contributed by atoms with van der Waals surface area (Å²) in [5, 5.41) is 76.1. The minimum absolute atomic E-state index is 0.00843. The smallest absolute Gasteiger partial charge is 0.302 e. The van der Waals surface area contributed by atoms with Gasteiger partial charge in [0.1, 0.15) is 42.7 Å². The van der Waals surface area contributed by atoms with Crippen molar-refractivity contribution in [3.63, 3.8) is 0 Å². The summed E-state index contributed by atoms with van der Waals surface area (Å²) in [6, 6.07) is 0. The molecule has 3 aliphatic heterocycles. The summed E-state index contributed by atoms with van der Waals surface area (Å²) in [6.45, 7) is 17.0. The number of rotatable bonds is 7. The monoisotopic (exact) mass is 822 g/mol. The van der Waals surface area contributed by atoms with Gasteiger partial charge in [-0.05, 0) is 86.4 Å². The predicted molar refractivity (Wildman–Crippen MR) is 206 cm³/mol. The van der Waals surface area contributed by atoms with Gasteiger partial charge in [0.15, 0.2) is 12.6 Å². The van der Waals surface area contributed by atoms with Crippen LogP contribution in [0.3, 0.4) is 0 Å². The summed E-state index contributed by atoms with van der Waals surface area (Å²) in [5.74, 6) is -0.0524. The number of carbonyl (C=O) groups is 1. The Hall–Kier alpha value is -1.27. The molecule has 8 rings (SSSR count). The van der Waals surface area contributed by atoms with Crippen molar-refractivity contribution in [2.75, 3.05) is 19.8 Å². The SMILES string of the molecule is CC(=O)OC[C@@]1(C)[C@@H]2CC[C@]3(C)[C@H](C=C[C@]45OC[C@@]6(CCC(C)(C)C[C@H]64)[C@@H](O)C[C@]53C)[C@@]2(C)CC[C@@H]1O[C@@H]1O[C@H](C)[C@H](O)[C@H](O[C@@H]2O[C@H](CO)[C@@H](O)[C@H](O)[C@H]2O)[C@H]1O. The van der Waals surface area contributed by atoms with E-state index in [4.69, 9.17) is 28.4 Å². The molecule has 0 aromatic rings. The Balaban J connectivity index is 1.08. The number of aliphatic hydroxyl groups excluding tert-OH is 7.